The Labute approximate surface area is 104 Å². The third-order valence-corrected chi connectivity index (χ3v) is 3.32. The van der Waals surface area contributed by atoms with Gasteiger partial charge in [-0.05, 0) is 57.5 Å². The molecule has 1 fully saturated rings. The molecule has 0 aliphatic heterocycles. The quantitative estimate of drug-likeness (QED) is 0.668. The van der Waals surface area contributed by atoms with Gasteiger partial charge in [-0.2, -0.15) is 0 Å². The lowest BCUT2D eigenvalue weighted by atomic mass is 10.2. The molecule has 1 saturated carbocycles. The van der Waals surface area contributed by atoms with E-state index in [1.54, 1.807) is 6.26 Å². The summed E-state index contributed by atoms with van der Waals surface area (Å²) in [4.78, 5) is 2.44. The SMILES string of the molecule is CCN(CCCCNC1CC1)Cc1ccco1. The zero-order valence-electron chi connectivity index (χ0n) is 10.8. The van der Waals surface area contributed by atoms with Crippen LogP contribution < -0.4 is 5.32 Å². The topological polar surface area (TPSA) is 28.4 Å². The smallest absolute Gasteiger partial charge is 0.117 e. The van der Waals surface area contributed by atoms with Crippen molar-refractivity contribution in [1.29, 1.82) is 0 Å². The fourth-order valence-electron chi connectivity index (χ4n) is 2.03. The summed E-state index contributed by atoms with van der Waals surface area (Å²) < 4.78 is 5.38. The maximum Gasteiger partial charge on any atom is 0.117 e. The average molecular weight is 236 g/mol. The molecule has 1 heterocycles. The van der Waals surface area contributed by atoms with Gasteiger partial charge in [-0.3, -0.25) is 4.90 Å². The standard InChI is InChI=1S/C14H24N2O/c1-2-16(12-14-6-5-11-17-14)10-4-3-9-15-13-7-8-13/h5-6,11,13,15H,2-4,7-10,12H2,1H3. The Morgan fingerprint density at radius 2 is 2.29 bits per heavy atom. The summed E-state index contributed by atoms with van der Waals surface area (Å²) in [5.74, 6) is 1.07. The molecule has 0 unspecified atom stereocenters. The van der Waals surface area contributed by atoms with Crippen molar-refractivity contribution in [2.24, 2.45) is 0 Å². The number of hydrogen-bond acceptors (Lipinski definition) is 3. The predicted octanol–water partition coefficient (Wildman–Crippen LogP) is 2.63. The van der Waals surface area contributed by atoms with E-state index in [0.29, 0.717) is 0 Å². The van der Waals surface area contributed by atoms with Gasteiger partial charge in [0.25, 0.3) is 0 Å². The van der Waals surface area contributed by atoms with E-state index in [2.05, 4.69) is 23.2 Å². The molecule has 0 atom stereocenters. The summed E-state index contributed by atoms with van der Waals surface area (Å²) in [6.45, 7) is 6.61. The van der Waals surface area contributed by atoms with Crippen molar-refractivity contribution < 1.29 is 4.42 Å². The Morgan fingerprint density at radius 1 is 1.41 bits per heavy atom. The van der Waals surface area contributed by atoms with Gasteiger partial charge in [-0.1, -0.05) is 6.92 Å². The Morgan fingerprint density at radius 3 is 2.94 bits per heavy atom. The van der Waals surface area contributed by atoms with Crippen LogP contribution in [-0.4, -0.2) is 30.6 Å². The molecular formula is C14H24N2O. The van der Waals surface area contributed by atoms with Gasteiger partial charge in [0.05, 0.1) is 12.8 Å². The van der Waals surface area contributed by atoms with Crippen LogP contribution in [-0.2, 0) is 6.54 Å². The highest BCUT2D eigenvalue weighted by molar-refractivity contribution is 4.97. The van der Waals surface area contributed by atoms with Crippen molar-refractivity contribution >= 4 is 0 Å². The molecule has 0 saturated heterocycles. The highest BCUT2D eigenvalue weighted by Gasteiger charge is 2.19. The van der Waals surface area contributed by atoms with E-state index in [9.17, 15) is 0 Å². The third kappa shape index (κ3) is 4.92. The minimum Gasteiger partial charge on any atom is -0.468 e. The van der Waals surface area contributed by atoms with Crippen LogP contribution in [0.1, 0.15) is 38.4 Å². The maximum atomic E-state index is 5.38. The molecule has 1 aliphatic rings. The van der Waals surface area contributed by atoms with Crippen LogP contribution in [0.5, 0.6) is 0 Å². The molecule has 0 spiro atoms. The molecule has 3 nitrogen and oxygen atoms in total. The first-order valence-corrected chi connectivity index (χ1v) is 6.86. The lowest BCUT2D eigenvalue weighted by molar-refractivity contribution is 0.250. The fourth-order valence-corrected chi connectivity index (χ4v) is 2.03. The molecule has 1 N–H and O–H groups in total. The van der Waals surface area contributed by atoms with Gasteiger partial charge >= 0.3 is 0 Å². The van der Waals surface area contributed by atoms with Crippen LogP contribution in [0.25, 0.3) is 0 Å². The maximum absolute atomic E-state index is 5.38. The Balaban J connectivity index is 1.54. The van der Waals surface area contributed by atoms with E-state index in [-0.39, 0.29) is 0 Å². The van der Waals surface area contributed by atoms with Crippen LogP contribution in [0.2, 0.25) is 0 Å². The molecule has 0 aromatic carbocycles. The van der Waals surface area contributed by atoms with E-state index in [1.807, 2.05) is 6.07 Å². The molecule has 1 aliphatic carbocycles. The molecule has 96 valence electrons. The Hall–Kier alpha value is -0.800. The molecule has 17 heavy (non-hydrogen) atoms. The van der Waals surface area contributed by atoms with Gasteiger partial charge < -0.3 is 9.73 Å². The first-order chi connectivity index (χ1) is 8.38. The summed E-state index contributed by atoms with van der Waals surface area (Å²) in [5.41, 5.74) is 0. The van der Waals surface area contributed by atoms with Crippen LogP contribution >= 0.6 is 0 Å². The number of nitrogens with zero attached hydrogens (tertiary/aromatic N) is 1. The zero-order valence-corrected chi connectivity index (χ0v) is 10.8. The minimum absolute atomic E-state index is 0.848. The van der Waals surface area contributed by atoms with E-state index in [0.717, 1.165) is 24.9 Å². The summed E-state index contributed by atoms with van der Waals surface area (Å²) in [7, 11) is 0. The van der Waals surface area contributed by atoms with Crippen LogP contribution in [0, 0.1) is 0 Å². The van der Waals surface area contributed by atoms with Gasteiger partial charge in [-0.25, -0.2) is 0 Å². The summed E-state index contributed by atoms with van der Waals surface area (Å²) in [6, 6.07) is 4.86. The van der Waals surface area contributed by atoms with Crippen molar-refractivity contribution in [2.75, 3.05) is 19.6 Å². The lowest BCUT2D eigenvalue weighted by Gasteiger charge is -2.18. The molecule has 3 heteroatoms. The lowest BCUT2D eigenvalue weighted by Crippen LogP contribution is -2.25. The highest BCUT2D eigenvalue weighted by Crippen LogP contribution is 2.18. The number of rotatable bonds is 9. The molecule has 0 radical (unpaired) electrons. The average Bonchev–Trinajstić information content (AvgIpc) is 3.02. The third-order valence-electron chi connectivity index (χ3n) is 3.32. The molecular weight excluding hydrogens is 212 g/mol. The molecule has 2 rings (SSSR count). The van der Waals surface area contributed by atoms with Crippen molar-refractivity contribution in [3.05, 3.63) is 24.2 Å². The van der Waals surface area contributed by atoms with Gasteiger partial charge in [-0.15, -0.1) is 0 Å². The Kier molecular flexibility index (Phi) is 5.08. The van der Waals surface area contributed by atoms with Gasteiger partial charge in [0.2, 0.25) is 0 Å². The van der Waals surface area contributed by atoms with E-state index < -0.39 is 0 Å². The summed E-state index contributed by atoms with van der Waals surface area (Å²) in [6.07, 6.45) is 7.08. The van der Waals surface area contributed by atoms with Crippen molar-refractivity contribution in [2.45, 2.75) is 45.2 Å². The second kappa shape index (κ2) is 6.82. The Bertz CT molecular complexity index is 293. The molecule has 0 bridgehead atoms. The van der Waals surface area contributed by atoms with Crippen molar-refractivity contribution in [3.8, 4) is 0 Å². The normalized spacial score (nSPS) is 15.6. The highest BCUT2D eigenvalue weighted by atomic mass is 16.3. The van der Waals surface area contributed by atoms with Gasteiger partial charge in [0.15, 0.2) is 0 Å². The minimum atomic E-state index is 0.848. The van der Waals surface area contributed by atoms with Gasteiger partial charge in [0.1, 0.15) is 5.76 Å². The van der Waals surface area contributed by atoms with Crippen LogP contribution in [0.15, 0.2) is 22.8 Å². The molecule has 1 aromatic heterocycles. The number of unbranched alkanes of at least 4 members (excludes halogenated alkanes) is 1. The first kappa shape index (κ1) is 12.7. The zero-order chi connectivity index (χ0) is 11.9. The van der Waals surface area contributed by atoms with Crippen molar-refractivity contribution in [1.82, 2.24) is 10.2 Å². The largest absolute Gasteiger partial charge is 0.468 e. The van der Waals surface area contributed by atoms with Crippen LogP contribution in [0.4, 0.5) is 0 Å². The predicted molar refractivity (Wildman–Crippen MR) is 69.9 cm³/mol. The second-order valence-electron chi connectivity index (χ2n) is 4.88. The number of nitrogens with one attached hydrogen (secondary N) is 1. The monoisotopic (exact) mass is 236 g/mol. The van der Waals surface area contributed by atoms with E-state index >= 15 is 0 Å². The fraction of sp³-hybridized carbons (Fsp3) is 0.714. The number of furan rings is 1. The summed E-state index contributed by atoms with van der Waals surface area (Å²) in [5, 5.41) is 3.56. The summed E-state index contributed by atoms with van der Waals surface area (Å²) >= 11 is 0. The van der Waals surface area contributed by atoms with Crippen LogP contribution in [0.3, 0.4) is 0 Å². The molecule has 0 amide bonds. The first-order valence-electron chi connectivity index (χ1n) is 6.86. The van der Waals surface area contributed by atoms with E-state index in [4.69, 9.17) is 4.42 Å². The number of hydrogen-bond donors (Lipinski definition) is 1. The second-order valence-corrected chi connectivity index (χ2v) is 4.88. The van der Waals surface area contributed by atoms with Crippen molar-refractivity contribution in [3.63, 3.8) is 0 Å². The van der Waals surface area contributed by atoms with E-state index in [1.165, 1.54) is 38.8 Å². The van der Waals surface area contributed by atoms with Gasteiger partial charge in [0, 0.05) is 6.04 Å². The molecule has 1 aromatic rings.